The van der Waals surface area contributed by atoms with Crippen molar-refractivity contribution in [2.75, 3.05) is 0 Å². The smallest absolute Gasteiger partial charge is 0.0624 e. The van der Waals surface area contributed by atoms with E-state index in [1.165, 1.54) is 50.5 Å². The second-order valence-corrected chi connectivity index (χ2v) is 15.4. The average Bonchev–Trinajstić information content (AvgIpc) is 3.08. The third-order valence-electron chi connectivity index (χ3n) is 14.3. The Kier molecular flexibility index (Phi) is 5.10. The number of aliphatic hydroxyl groups excluding tert-OH is 2. The maximum atomic E-state index is 11.6. The van der Waals surface area contributed by atoms with E-state index in [0.717, 1.165) is 12.3 Å². The van der Waals surface area contributed by atoms with Crippen molar-refractivity contribution in [1.29, 1.82) is 0 Å². The van der Waals surface area contributed by atoms with Crippen molar-refractivity contribution in [2.24, 2.45) is 56.2 Å². The van der Waals surface area contributed by atoms with E-state index >= 15 is 0 Å². The lowest BCUT2D eigenvalue weighted by molar-refractivity contribution is -0.295. The van der Waals surface area contributed by atoms with Crippen LogP contribution in [-0.2, 0) is 0 Å². The summed E-state index contributed by atoms with van der Waals surface area (Å²) in [5, 5.41) is 22.5. The lowest BCUT2D eigenvalue weighted by Crippen LogP contribution is -2.71. The van der Waals surface area contributed by atoms with Crippen LogP contribution in [0, 0.1) is 56.2 Å². The molecule has 0 saturated heterocycles. The highest BCUT2D eigenvalue weighted by atomic mass is 16.3. The summed E-state index contributed by atoms with van der Waals surface area (Å²) in [4.78, 5) is 0. The molecule has 0 heterocycles. The fourth-order valence-corrected chi connectivity index (χ4v) is 12.1. The molecule has 5 aliphatic carbocycles. The lowest BCUT2D eigenvalue weighted by Gasteiger charge is -2.76. The van der Waals surface area contributed by atoms with E-state index in [-0.39, 0.29) is 21.7 Å². The Morgan fingerprint density at radius 1 is 0.727 bits per heavy atom. The van der Waals surface area contributed by atoms with Crippen LogP contribution in [0.15, 0.2) is 12.2 Å². The molecule has 0 spiro atoms. The molecule has 0 aromatic heterocycles. The maximum absolute atomic E-state index is 11.6. The van der Waals surface area contributed by atoms with Crippen LogP contribution in [0.3, 0.4) is 0 Å². The summed E-state index contributed by atoms with van der Waals surface area (Å²) in [5.74, 6) is 2.32. The van der Waals surface area contributed by atoms with E-state index < -0.39 is 12.2 Å². The topological polar surface area (TPSA) is 40.5 Å². The van der Waals surface area contributed by atoms with Gasteiger partial charge in [0.2, 0.25) is 0 Å². The highest BCUT2D eigenvalue weighted by molar-refractivity contribution is 5.25. The van der Waals surface area contributed by atoms with Crippen LogP contribution in [0.4, 0.5) is 0 Å². The molecule has 0 aromatic rings. The van der Waals surface area contributed by atoms with Gasteiger partial charge in [0.25, 0.3) is 0 Å². The molecule has 0 bridgehead atoms. The van der Waals surface area contributed by atoms with Crippen LogP contribution in [-0.4, -0.2) is 22.4 Å². The molecule has 0 aromatic carbocycles. The van der Waals surface area contributed by atoms with Gasteiger partial charge in [-0.25, -0.2) is 0 Å². The van der Waals surface area contributed by atoms with Gasteiger partial charge in [0.05, 0.1) is 12.2 Å². The van der Waals surface area contributed by atoms with E-state index in [2.05, 4.69) is 62.0 Å². The van der Waals surface area contributed by atoms with E-state index in [1.807, 2.05) is 0 Å². The minimum absolute atomic E-state index is 0.107. The first-order chi connectivity index (χ1) is 15.1. The van der Waals surface area contributed by atoms with Crippen molar-refractivity contribution in [3.8, 4) is 0 Å². The molecule has 5 aliphatic rings. The molecular weight excluding hydrogens is 404 g/mol. The Balaban J connectivity index is 1.61. The minimum atomic E-state index is -0.399. The molecule has 0 amide bonds. The number of hydrogen-bond acceptors (Lipinski definition) is 2. The van der Waals surface area contributed by atoms with Gasteiger partial charge in [-0.3, -0.25) is 0 Å². The zero-order chi connectivity index (χ0) is 24.4. The van der Waals surface area contributed by atoms with Gasteiger partial charge >= 0.3 is 0 Å². The molecule has 11 atom stereocenters. The first-order valence-corrected chi connectivity index (χ1v) is 14.1. The SMILES string of the molecule is C=C(C)[C@@H]1CC[C@]2(C)CC[C@@]3(C)[C@]4(C)CC[C@H]5C(C)(C)[C@H](O)C[C@@H](O)[C@]5(C)[C@H]4CC[C@]3(C)[C@@H]12. The average molecular weight is 457 g/mol. The summed E-state index contributed by atoms with van der Waals surface area (Å²) >= 11 is 0. The van der Waals surface area contributed by atoms with Crippen LogP contribution in [0.5, 0.6) is 0 Å². The summed E-state index contributed by atoms with van der Waals surface area (Å²) in [7, 11) is 0. The fourth-order valence-electron chi connectivity index (χ4n) is 12.1. The van der Waals surface area contributed by atoms with Crippen molar-refractivity contribution >= 4 is 0 Å². The van der Waals surface area contributed by atoms with E-state index in [4.69, 9.17) is 0 Å². The predicted molar refractivity (Wildman–Crippen MR) is 137 cm³/mol. The molecular formula is C31H52O2. The zero-order valence-corrected chi connectivity index (χ0v) is 22.9. The summed E-state index contributed by atoms with van der Waals surface area (Å²) in [6, 6.07) is 0. The van der Waals surface area contributed by atoms with Crippen molar-refractivity contribution in [2.45, 2.75) is 125 Å². The molecule has 0 unspecified atom stereocenters. The molecule has 2 heteroatoms. The first kappa shape index (κ1) is 24.4. The van der Waals surface area contributed by atoms with Crippen molar-refractivity contribution in [1.82, 2.24) is 0 Å². The van der Waals surface area contributed by atoms with Crippen molar-refractivity contribution in [3.05, 3.63) is 12.2 Å². The van der Waals surface area contributed by atoms with Gasteiger partial charge in [-0.1, -0.05) is 60.6 Å². The Morgan fingerprint density at radius 3 is 1.97 bits per heavy atom. The Bertz CT molecular complexity index is 846. The second kappa shape index (κ2) is 6.90. The molecule has 0 aliphatic heterocycles. The largest absolute Gasteiger partial charge is 0.392 e. The van der Waals surface area contributed by atoms with Gasteiger partial charge in [0.15, 0.2) is 0 Å². The van der Waals surface area contributed by atoms with Gasteiger partial charge < -0.3 is 10.2 Å². The zero-order valence-electron chi connectivity index (χ0n) is 22.9. The van der Waals surface area contributed by atoms with E-state index in [1.54, 1.807) is 0 Å². The van der Waals surface area contributed by atoms with E-state index in [0.29, 0.717) is 35.0 Å². The fraction of sp³-hybridized carbons (Fsp3) is 0.935. The number of rotatable bonds is 1. The first-order valence-electron chi connectivity index (χ1n) is 14.1. The van der Waals surface area contributed by atoms with Gasteiger partial charge in [-0.05, 0) is 109 Å². The minimum Gasteiger partial charge on any atom is -0.392 e. The summed E-state index contributed by atoms with van der Waals surface area (Å²) in [6.07, 6.45) is 10.0. The maximum Gasteiger partial charge on any atom is 0.0624 e. The Labute approximate surface area is 204 Å². The van der Waals surface area contributed by atoms with Gasteiger partial charge in [-0.15, -0.1) is 0 Å². The predicted octanol–water partition coefficient (Wildman–Crippen LogP) is 7.39. The molecule has 2 N–H and O–H groups in total. The molecule has 5 fully saturated rings. The van der Waals surface area contributed by atoms with Crippen molar-refractivity contribution in [3.63, 3.8) is 0 Å². The molecule has 0 radical (unpaired) electrons. The Morgan fingerprint density at radius 2 is 1.33 bits per heavy atom. The molecule has 2 nitrogen and oxygen atoms in total. The molecule has 5 saturated carbocycles. The number of hydrogen-bond donors (Lipinski definition) is 2. The van der Waals surface area contributed by atoms with Crippen LogP contribution in [0.2, 0.25) is 0 Å². The molecule has 33 heavy (non-hydrogen) atoms. The summed E-state index contributed by atoms with van der Waals surface area (Å²) < 4.78 is 0. The standard InChI is InChI=1S/C31H52O2/c1-19(2)20-10-13-27(5)16-17-30(8)28(6)14-11-21-26(3,4)23(32)18-24(33)31(21,9)22(28)12-15-29(30,7)25(20)27/h20-25,32-33H,1,10-18H2,2-9H3/t20-,21-,22-,23+,24+,25-,27+,28+,29+,30-,31-/m0/s1. The van der Waals surface area contributed by atoms with Gasteiger partial charge in [0, 0.05) is 11.8 Å². The number of fused-ring (bicyclic) bond motifs is 7. The van der Waals surface area contributed by atoms with Gasteiger partial charge in [0.1, 0.15) is 0 Å². The van der Waals surface area contributed by atoms with Gasteiger partial charge in [-0.2, -0.15) is 0 Å². The van der Waals surface area contributed by atoms with Crippen LogP contribution in [0.1, 0.15) is 113 Å². The van der Waals surface area contributed by atoms with Crippen LogP contribution < -0.4 is 0 Å². The third kappa shape index (κ3) is 2.64. The highest BCUT2D eigenvalue weighted by Gasteiger charge is 2.74. The quantitative estimate of drug-likeness (QED) is 0.404. The summed E-state index contributed by atoms with van der Waals surface area (Å²) in [5.41, 5.74) is 2.47. The summed E-state index contributed by atoms with van der Waals surface area (Å²) in [6.45, 7) is 24.3. The number of aliphatic hydroxyl groups is 2. The van der Waals surface area contributed by atoms with Crippen LogP contribution in [0.25, 0.3) is 0 Å². The lowest BCUT2D eigenvalue weighted by atomic mass is 9.28. The molecule has 188 valence electrons. The third-order valence-corrected chi connectivity index (χ3v) is 14.3. The second-order valence-electron chi connectivity index (χ2n) is 15.4. The normalized spacial score (nSPS) is 59.7. The van der Waals surface area contributed by atoms with E-state index in [9.17, 15) is 10.2 Å². The Hall–Kier alpha value is -0.340. The van der Waals surface area contributed by atoms with Crippen molar-refractivity contribution < 1.29 is 10.2 Å². The monoisotopic (exact) mass is 456 g/mol. The van der Waals surface area contributed by atoms with Crippen LogP contribution >= 0.6 is 0 Å². The number of allylic oxidation sites excluding steroid dienone is 1. The highest BCUT2D eigenvalue weighted by Crippen LogP contribution is 2.81. The molecule has 5 rings (SSSR count).